The van der Waals surface area contributed by atoms with Crippen LogP contribution in [0.15, 0.2) is 0 Å². The van der Waals surface area contributed by atoms with Crippen molar-refractivity contribution in [2.45, 2.75) is 32.3 Å². The molecule has 0 radical (unpaired) electrons. The quantitative estimate of drug-likeness (QED) is 0.780. The van der Waals surface area contributed by atoms with E-state index in [-0.39, 0.29) is 18.5 Å². The van der Waals surface area contributed by atoms with Crippen molar-refractivity contribution in [3.05, 3.63) is 5.82 Å². The molecule has 106 valence electrons. The Morgan fingerprint density at radius 3 is 3.05 bits per heavy atom. The van der Waals surface area contributed by atoms with Crippen molar-refractivity contribution < 1.29 is 14.3 Å². The van der Waals surface area contributed by atoms with E-state index in [4.69, 9.17) is 4.74 Å². The third-order valence-electron chi connectivity index (χ3n) is 2.98. The molecule has 1 fully saturated rings. The number of anilines is 1. The molecule has 1 aromatic rings. The van der Waals surface area contributed by atoms with E-state index in [1.54, 1.807) is 0 Å². The van der Waals surface area contributed by atoms with Gasteiger partial charge >= 0.3 is 5.97 Å². The summed E-state index contributed by atoms with van der Waals surface area (Å²) >= 11 is 1.40. The zero-order chi connectivity index (χ0) is 13.8. The Morgan fingerprint density at radius 1 is 1.63 bits per heavy atom. The maximum Gasteiger partial charge on any atom is 0.308 e. The highest BCUT2D eigenvalue weighted by atomic mass is 32.1. The highest BCUT2D eigenvalue weighted by Gasteiger charge is 2.25. The first-order chi connectivity index (χ1) is 9.10. The fraction of sp³-hybridized carbons (Fsp3) is 0.750. The van der Waals surface area contributed by atoms with Gasteiger partial charge in [0, 0.05) is 30.5 Å². The molecule has 0 N–H and O–H groups in total. The van der Waals surface area contributed by atoms with Crippen LogP contribution in [0.4, 0.5) is 5.13 Å². The van der Waals surface area contributed by atoms with Crippen LogP contribution < -0.4 is 4.90 Å². The van der Waals surface area contributed by atoms with Gasteiger partial charge in [0.15, 0.2) is 0 Å². The van der Waals surface area contributed by atoms with Crippen molar-refractivity contribution >= 4 is 22.6 Å². The van der Waals surface area contributed by atoms with E-state index in [1.165, 1.54) is 18.6 Å². The smallest absolute Gasteiger partial charge is 0.308 e. The number of methoxy groups -OCH3 is 1. The number of esters is 1. The van der Waals surface area contributed by atoms with Gasteiger partial charge < -0.3 is 14.4 Å². The van der Waals surface area contributed by atoms with Gasteiger partial charge in [0.1, 0.15) is 5.82 Å². The fourth-order valence-electron chi connectivity index (χ4n) is 1.88. The molecule has 1 atom stereocenters. The Bertz CT molecular complexity index is 436. The van der Waals surface area contributed by atoms with Gasteiger partial charge in [-0.15, -0.1) is 0 Å². The maximum atomic E-state index is 11.3. The minimum Gasteiger partial charge on any atom is -0.469 e. The Kier molecular flexibility index (Phi) is 4.71. The predicted octanol–water partition coefficient (Wildman–Crippen LogP) is 1.43. The minimum absolute atomic E-state index is 0.132. The number of ether oxygens (including phenoxy) is 2. The Balaban J connectivity index is 1.98. The second kappa shape index (κ2) is 6.29. The summed E-state index contributed by atoms with van der Waals surface area (Å²) in [6.45, 7) is 6.18. The lowest BCUT2D eigenvalue weighted by atomic mass is 10.2. The SMILES string of the molecule is COC(=O)CC1CN(c2nc(C(C)C)ns2)CCO1. The van der Waals surface area contributed by atoms with Crippen LogP contribution in [0.25, 0.3) is 0 Å². The number of carbonyl (C=O) groups is 1. The average molecular weight is 285 g/mol. The molecule has 19 heavy (non-hydrogen) atoms. The van der Waals surface area contributed by atoms with E-state index in [0.717, 1.165) is 17.5 Å². The molecule has 1 aliphatic heterocycles. The lowest BCUT2D eigenvalue weighted by Gasteiger charge is -2.31. The van der Waals surface area contributed by atoms with E-state index in [2.05, 4.69) is 32.8 Å². The van der Waals surface area contributed by atoms with Gasteiger partial charge in [0.2, 0.25) is 5.13 Å². The first kappa shape index (κ1) is 14.2. The number of hydrogen-bond acceptors (Lipinski definition) is 7. The molecular formula is C12H19N3O3S. The molecule has 0 saturated carbocycles. The minimum atomic E-state index is -0.244. The molecule has 1 saturated heterocycles. The maximum absolute atomic E-state index is 11.3. The highest BCUT2D eigenvalue weighted by Crippen LogP contribution is 2.23. The molecule has 0 aromatic carbocycles. The van der Waals surface area contributed by atoms with Crippen LogP contribution in [0.2, 0.25) is 0 Å². The highest BCUT2D eigenvalue weighted by molar-refractivity contribution is 7.09. The van der Waals surface area contributed by atoms with Gasteiger partial charge in [-0.2, -0.15) is 4.37 Å². The van der Waals surface area contributed by atoms with Crippen LogP contribution in [0.1, 0.15) is 32.0 Å². The molecule has 1 aromatic heterocycles. The molecular weight excluding hydrogens is 266 g/mol. The molecule has 1 aliphatic rings. The number of rotatable bonds is 4. The molecule has 1 unspecified atom stereocenters. The predicted molar refractivity (Wildman–Crippen MR) is 72.6 cm³/mol. The summed E-state index contributed by atoms with van der Waals surface area (Å²) in [4.78, 5) is 17.9. The zero-order valence-corrected chi connectivity index (χ0v) is 12.3. The van der Waals surface area contributed by atoms with Crippen molar-refractivity contribution in [2.75, 3.05) is 31.7 Å². The lowest BCUT2D eigenvalue weighted by Crippen LogP contribution is -2.43. The second-order valence-corrected chi connectivity index (χ2v) is 5.54. The molecule has 6 nitrogen and oxygen atoms in total. The number of aromatic nitrogens is 2. The van der Waals surface area contributed by atoms with Crippen molar-refractivity contribution in [1.82, 2.24) is 9.36 Å². The van der Waals surface area contributed by atoms with Gasteiger partial charge in [-0.3, -0.25) is 4.79 Å². The third kappa shape index (κ3) is 3.63. The Labute approximate surface area is 116 Å². The molecule has 2 rings (SSSR count). The van der Waals surface area contributed by atoms with Crippen molar-refractivity contribution in [2.24, 2.45) is 0 Å². The van der Waals surface area contributed by atoms with E-state index in [1.807, 2.05) is 0 Å². The summed E-state index contributed by atoms with van der Waals surface area (Å²) < 4.78 is 14.6. The molecule has 0 amide bonds. The van der Waals surface area contributed by atoms with E-state index in [9.17, 15) is 4.79 Å². The van der Waals surface area contributed by atoms with Crippen LogP contribution in [-0.4, -0.2) is 48.2 Å². The number of carbonyl (C=O) groups excluding carboxylic acids is 1. The second-order valence-electron chi connectivity index (χ2n) is 4.81. The molecule has 2 heterocycles. The van der Waals surface area contributed by atoms with Gasteiger partial charge in [-0.1, -0.05) is 13.8 Å². The van der Waals surface area contributed by atoms with E-state index < -0.39 is 0 Å². The molecule has 0 bridgehead atoms. The lowest BCUT2D eigenvalue weighted by molar-refractivity contribution is -0.144. The first-order valence-electron chi connectivity index (χ1n) is 6.37. The number of hydrogen-bond donors (Lipinski definition) is 0. The molecule has 0 spiro atoms. The summed E-state index contributed by atoms with van der Waals surface area (Å²) in [5.41, 5.74) is 0. The third-order valence-corrected chi connectivity index (χ3v) is 3.77. The zero-order valence-electron chi connectivity index (χ0n) is 11.5. The largest absolute Gasteiger partial charge is 0.469 e. The summed E-state index contributed by atoms with van der Waals surface area (Å²) in [6, 6.07) is 0. The standard InChI is InChI=1S/C12H19N3O3S/c1-8(2)11-13-12(19-14-11)15-4-5-18-9(7-15)6-10(16)17-3/h8-9H,4-7H2,1-3H3. The van der Waals surface area contributed by atoms with Crippen LogP contribution in [0.5, 0.6) is 0 Å². The van der Waals surface area contributed by atoms with Crippen LogP contribution in [0.3, 0.4) is 0 Å². The van der Waals surface area contributed by atoms with Gasteiger partial charge in [0.05, 0.1) is 26.2 Å². The van der Waals surface area contributed by atoms with Crippen LogP contribution >= 0.6 is 11.5 Å². The molecule has 0 aliphatic carbocycles. The summed E-state index contributed by atoms with van der Waals surface area (Å²) in [5.74, 6) is 0.958. The fourth-order valence-corrected chi connectivity index (χ4v) is 2.72. The normalized spacial score (nSPS) is 19.8. The van der Waals surface area contributed by atoms with Gasteiger partial charge in [-0.05, 0) is 0 Å². The van der Waals surface area contributed by atoms with Crippen molar-refractivity contribution in [3.8, 4) is 0 Å². The van der Waals surface area contributed by atoms with Crippen molar-refractivity contribution in [3.63, 3.8) is 0 Å². The number of nitrogens with zero attached hydrogens (tertiary/aromatic N) is 3. The van der Waals surface area contributed by atoms with Crippen molar-refractivity contribution in [1.29, 1.82) is 0 Å². The van der Waals surface area contributed by atoms with Gasteiger partial charge in [-0.25, -0.2) is 4.98 Å². The average Bonchev–Trinajstić information content (AvgIpc) is 2.88. The molecule has 7 heteroatoms. The summed E-state index contributed by atoms with van der Waals surface area (Å²) in [5, 5.41) is 0.905. The Hall–Kier alpha value is -1.21. The monoisotopic (exact) mass is 285 g/mol. The summed E-state index contributed by atoms with van der Waals surface area (Å²) in [6.07, 6.45) is 0.149. The first-order valence-corrected chi connectivity index (χ1v) is 7.14. The van der Waals surface area contributed by atoms with E-state index in [0.29, 0.717) is 19.1 Å². The van der Waals surface area contributed by atoms with Crippen LogP contribution in [0, 0.1) is 0 Å². The number of morpholine rings is 1. The Morgan fingerprint density at radius 2 is 2.42 bits per heavy atom. The van der Waals surface area contributed by atoms with Crippen LogP contribution in [-0.2, 0) is 14.3 Å². The summed E-state index contributed by atoms with van der Waals surface area (Å²) in [7, 11) is 1.39. The van der Waals surface area contributed by atoms with E-state index >= 15 is 0 Å². The van der Waals surface area contributed by atoms with Gasteiger partial charge in [0.25, 0.3) is 0 Å². The topological polar surface area (TPSA) is 64.5 Å².